The summed E-state index contributed by atoms with van der Waals surface area (Å²) in [5.41, 5.74) is 1.29. The lowest BCUT2D eigenvalue weighted by atomic mass is 9.97. The molecule has 5 heteroatoms. The third kappa shape index (κ3) is 2.95. The number of nitrogens with zero attached hydrogens (tertiary/aromatic N) is 3. The summed E-state index contributed by atoms with van der Waals surface area (Å²) >= 11 is 0. The highest BCUT2D eigenvalue weighted by Crippen LogP contribution is 2.48. The topological polar surface area (TPSA) is 59.2 Å². The predicted octanol–water partition coefficient (Wildman–Crippen LogP) is 3.14. The molecule has 1 aromatic heterocycles. The van der Waals surface area contributed by atoms with E-state index in [4.69, 9.17) is 4.52 Å². The fourth-order valence-corrected chi connectivity index (χ4v) is 3.73. The summed E-state index contributed by atoms with van der Waals surface area (Å²) in [6.07, 6.45) is 3.77. The van der Waals surface area contributed by atoms with Gasteiger partial charge < -0.3 is 9.42 Å². The summed E-state index contributed by atoms with van der Waals surface area (Å²) in [5.74, 6) is 2.47. The van der Waals surface area contributed by atoms with Crippen molar-refractivity contribution < 1.29 is 9.32 Å². The molecule has 3 unspecified atom stereocenters. The van der Waals surface area contributed by atoms with Crippen molar-refractivity contribution in [2.24, 2.45) is 5.92 Å². The first kappa shape index (κ1) is 15.4. The van der Waals surface area contributed by atoms with Gasteiger partial charge in [-0.2, -0.15) is 4.98 Å². The number of benzene rings is 1. The first-order valence-corrected chi connectivity index (χ1v) is 8.92. The molecule has 0 spiro atoms. The number of carbonyl (C=O) groups is 1. The summed E-state index contributed by atoms with van der Waals surface area (Å²) in [6, 6.07) is 10.4. The molecule has 1 saturated carbocycles. The average Bonchev–Trinajstić information content (AvgIpc) is 3.30. The largest absolute Gasteiger partial charge is 0.342 e. The fraction of sp³-hybridized carbons (Fsp3) is 0.526. The van der Waals surface area contributed by atoms with Crippen molar-refractivity contribution in [1.29, 1.82) is 0 Å². The van der Waals surface area contributed by atoms with Crippen LogP contribution in [0.2, 0.25) is 0 Å². The Bertz CT molecular complexity index is 712. The van der Waals surface area contributed by atoms with Crippen LogP contribution >= 0.6 is 0 Å². The van der Waals surface area contributed by atoms with E-state index in [0.717, 1.165) is 38.1 Å². The summed E-state index contributed by atoms with van der Waals surface area (Å²) < 4.78 is 5.39. The van der Waals surface area contributed by atoms with Crippen molar-refractivity contribution >= 4 is 5.91 Å². The Balaban J connectivity index is 1.40. The second kappa shape index (κ2) is 6.38. The molecule has 2 aromatic rings. The van der Waals surface area contributed by atoms with Crippen LogP contribution in [0, 0.1) is 5.92 Å². The van der Waals surface area contributed by atoms with Crippen LogP contribution in [0.15, 0.2) is 34.9 Å². The maximum Gasteiger partial charge on any atom is 0.231 e. The van der Waals surface area contributed by atoms with Crippen LogP contribution in [-0.2, 0) is 11.2 Å². The number of likely N-dealkylation sites (tertiary alicyclic amines) is 1. The van der Waals surface area contributed by atoms with Crippen molar-refractivity contribution in [3.05, 3.63) is 47.6 Å². The van der Waals surface area contributed by atoms with Crippen LogP contribution in [0.1, 0.15) is 55.3 Å². The predicted molar refractivity (Wildman–Crippen MR) is 89.5 cm³/mol. The van der Waals surface area contributed by atoms with Crippen molar-refractivity contribution in [3.8, 4) is 0 Å². The minimum Gasteiger partial charge on any atom is -0.342 e. The minimum atomic E-state index is 0.153. The normalized spacial score (nSPS) is 26.4. The highest BCUT2D eigenvalue weighted by atomic mass is 16.5. The van der Waals surface area contributed by atoms with Gasteiger partial charge in [0.15, 0.2) is 5.82 Å². The highest BCUT2D eigenvalue weighted by Gasteiger charge is 2.46. The average molecular weight is 325 g/mol. The molecule has 2 fully saturated rings. The Labute approximate surface area is 142 Å². The standard InChI is InChI=1S/C19H23N3O2/c1-2-17-20-18(24-21-17)14-9-6-10-22(12-14)19(23)16-11-15(16)13-7-4-3-5-8-13/h3-5,7-8,14-16H,2,6,9-12H2,1H3. The zero-order valence-electron chi connectivity index (χ0n) is 14.0. The second-order valence-electron chi connectivity index (χ2n) is 6.89. The van der Waals surface area contributed by atoms with Crippen molar-refractivity contribution in [3.63, 3.8) is 0 Å². The molecule has 126 valence electrons. The number of piperidine rings is 1. The lowest BCUT2D eigenvalue weighted by Crippen LogP contribution is -2.40. The van der Waals surface area contributed by atoms with Gasteiger partial charge >= 0.3 is 0 Å². The Morgan fingerprint density at radius 3 is 2.92 bits per heavy atom. The number of rotatable bonds is 4. The SMILES string of the molecule is CCc1noc(C2CCCN(C(=O)C3CC3c3ccccc3)C2)n1. The third-order valence-electron chi connectivity index (χ3n) is 5.22. The minimum absolute atomic E-state index is 0.153. The van der Waals surface area contributed by atoms with E-state index >= 15 is 0 Å². The molecule has 1 aromatic carbocycles. The lowest BCUT2D eigenvalue weighted by molar-refractivity contribution is -0.134. The Morgan fingerprint density at radius 2 is 2.17 bits per heavy atom. The molecule has 1 saturated heterocycles. The molecule has 1 aliphatic carbocycles. The zero-order chi connectivity index (χ0) is 16.5. The Morgan fingerprint density at radius 1 is 1.33 bits per heavy atom. The Kier molecular flexibility index (Phi) is 4.08. The number of aryl methyl sites for hydroxylation is 1. The molecule has 2 heterocycles. The summed E-state index contributed by atoms with van der Waals surface area (Å²) in [6.45, 7) is 3.58. The number of hydrogen-bond donors (Lipinski definition) is 0. The first-order chi connectivity index (χ1) is 11.8. The van der Waals surface area contributed by atoms with Crippen LogP contribution in [0.3, 0.4) is 0 Å². The molecule has 24 heavy (non-hydrogen) atoms. The summed E-state index contributed by atoms with van der Waals surface area (Å²) in [5, 5.41) is 3.99. The monoisotopic (exact) mass is 325 g/mol. The maximum absolute atomic E-state index is 12.8. The van der Waals surface area contributed by atoms with Gasteiger partial charge in [-0.3, -0.25) is 4.79 Å². The zero-order valence-corrected chi connectivity index (χ0v) is 14.0. The molecule has 3 atom stereocenters. The van der Waals surface area contributed by atoms with Gasteiger partial charge in [0.2, 0.25) is 11.8 Å². The van der Waals surface area contributed by atoms with Crippen LogP contribution in [-0.4, -0.2) is 34.0 Å². The summed E-state index contributed by atoms with van der Waals surface area (Å²) in [4.78, 5) is 19.3. The third-order valence-corrected chi connectivity index (χ3v) is 5.22. The smallest absolute Gasteiger partial charge is 0.231 e. The Hall–Kier alpha value is -2.17. The van der Waals surface area contributed by atoms with Gasteiger partial charge in [0.1, 0.15) is 0 Å². The van der Waals surface area contributed by atoms with E-state index < -0.39 is 0 Å². The highest BCUT2D eigenvalue weighted by molar-refractivity contribution is 5.83. The van der Waals surface area contributed by atoms with E-state index in [-0.39, 0.29) is 11.8 Å². The van der Waals surface area contributed by atoms with Crippen molar-refractivity contribution in [2.45, 2.75) is 44.4 Å². The van der Waals surface area contributed by atoms with E-state index in [1.165, 1.54) is 5.56 Å². The molecule has 0 radical (unpaired) electrons. The van der Waals surface area contributed by atoms with E-state index in [0.29, 0.717) is 24.3 Å². The van der Waals surface area contributed by atoms with Crippen LogP contribution in [0.5, 0.6) is 0 Å². The quantitative estimate of drug-likeness (QED) is 0.866. The number of hydrogen-bond acceptors (Lipinski definition) is 4. The van der Waals surface area contributed by atoms with E-state index in [1.807, 2.05) is 30.0 Å². The van der Waals surface area contributed by atoms with E-state index in [1.54, 1.807) is 0 Å². The molecule has 1 aliphatic heterocycles. The van der Waals surface area contributed by atoms with Gasteiger partial charge in [0.25, 0.3) is 0 Å². The number of carbonyl (C=O) groups excluding carboxylic acids is 1. The molecule has 1 amide bonds. The molecule has 0 N–H and O–H groups in total. The molecule has 5 nitrogen and oxygen atoms in total. The van der Waals surface area contributed by atoms with Crippen LogP contribution in [0.4, 0.5) is 0 Å². The van der Waals surface area contributed by atoms with E-state index in [9.17, 15) is 4.79 Å². The molecule has 4 rings (SSSR count). The van der Waals surface area contributed by atoms with Gasteiger partial charge in [0, 0.05) is 25.4 Å². The second-order valence-corrected chi connectivity index (χ2v) is 6.89. The number of amides is 1. The van der Waals surface area contributed by atoms with Crippen molar-refractivity contribution in [1.82, 2.24) is 15.0 Å². The van der Waals surface area contributed by atoms with E-state index in [2.05, 4.69) is 22.3 Å². The molecule has 0 bridgehead atoms. The molecular formula is C19H23N3O2. The summed E-state index contributed by atoms with van der Waals surface area (Å²) in [7, 11) is 0. The molecule has 2 aliphatic rings. The van der Waals surface area contributed by atoms with Gasteiger partial charge in [-0.1, -0.05) is 42.4 Å². The van der Waals surface area contributed by atoms with Crippen molar-refractivity contribution in [2.75, 3.05) is 13.1 Å². The fourth-order valence-electron chi connectivity index (χ4n) is 3.73. The lowest BCUT2D eigenvalue weighted by Gasteiger charge is -2.31. The van der Waals surface area contributed by atoms with Gasteiger partial charge in [-0.05, 0) is 30.7 Å². The molecular weight excluding hydrogens is 302 g/mol. The van der Waals surface area contributed by atoms with Gasteiger partial charge in [-0.25, -0.2) is 0 Å². The number of aromatic nitrogens is 2. The van der Waals surface area contributed by atoms with Gasteiger partial charge in [-0.15, -0.1) is 0 Å². The van der Waals surface area contributed by atoms with Crippen LogP contribution in [0.25, 0.3) is 0 Å². The maximum atomic E-state index is 12.8. The van der Waals surface area contributed by atoms with Crippen LogP contribution < -0.4 is 0 Å². The first-order valence-electron chi connectivity index (χ1n) is 8.92. The van der Waals surface area contributed by atoms with Gasteiger partial charge in [0.05, 0.1) is 5.92 Å².